The van der Waals surface area contributed by atoms with Crippen molar-refractivity contribution in [3.8, 4) is 0 Å². The van der Waals surface area contributed by atoms with Gasteiger partial charge in [-0.05, 0) is 55.5 Å². The maximum atomic E-state index is 12.9. The summed E-state index contributed by atoms with van der Waals surface area (Å²) in [5, 5.41) is 3.00. The van der Waals surface area contributed by atoms with Gasteiger partial charge in [0.15, 0.2) is 6.10 Å². The van der Waals surface area contributed by atoms with Crippen LogP contribution in [0.1, 0.15) is 29.3 Å². The first-order chi connectivity index (χ1) is 14.9. The number of nitrogens with zero attached hydrogens (tertiary/aromatic N) is 1. The molecule has 2 aromatic rings. The molecule has 0 bridgehead atoms. The van der Waals surface area contributed by atoms with E-state index in [1.54, 1.807) is 47.9 Å². The summed E-state index contributed by atoms with van der Waals surface area (Å²) < 4.78 is 5.48. The third-order valence-electron chi connectivity index (χ3n) is 5.11. The van der Waals surface area contributed by atoms with Crippen LogP contribution >= 0.6 is 23.4 Å². The van der Waals surface area contributed by atoms with Gasteiger partial charge in [-0.25, -0.2) is 4.79 Å². The Kier molecular flexibility index (Phi) is 7.98. The number of para-hydroxylation sites is 1. The average Bonchev–Trinajstić information content (AvgIpc) is 3.20. The van der Waals surface area contributed by atoms with Crippen molar-refractivity contribution in [3.05, 3.63) is 64.7 Å². The number of fused-ring (bicyclic) bond motifs is 1. The SMILES string of the molecule is CSCCC(NC(=O)c1ccccc1Cl)C(=O)OC(C)C(=O)N1CCc2ccccc21. The van der Waals surface area contributed by atoms with E-state index in [2.05, 4.69) is 5.32 Å². The number of amides is 2. The number of nitrogens with one attached hydrogen (secondary N) is 1. The predicted molar refractivity (Wildman–Crippen MR) is 124 cm³/mol. The number of carbonyl (C=O) groups excluding carboxylic acids is 3. The summed E-state index contributed by atoms with van der Waals surface area (Å²) in [6.45, 7) is 2.11. The summed E-state index contributed by atoms with van der Waals surface area (Å²) in [4.78, 5) is 40.0. The lowest BCUT2D eigenvalue weighted by atomic mass is 10.1. The highest BCUT2D eigenvalue weighted by atomic mass is 35.5. The summed E-state index contributed by atoms with van der Waals surface area (Å²) in [6.07, 6.45) is 2.10. The maximum absolute atomic E-state index is 12.9. The number of carbonyl (C=O) groups is 3. The van der Waals surface area contributed by atoms with Gasteiger partial charge in [0.05, 0.1) is 10.6 Å². The van der Waals surface area contributed by atoms with E-state index < -0.39 is 24.0 Å². The molecule has 8 heteroatoms. The molecule has 164 valence electrons. The number of halogens is 1. The van der Waals surface area contributed by atoms with Gasteiger partial charge in [-0.2, -0.15) is 11.8 Å². The molecular formula is C23H25ClN2O4S. The van der Waals surface area contributed by atoms with Gasteiger partial charge in [0.25, 0.3) is 11.8 Å². The highest BCUT2D eigenvalue weighted by Crippen LogP contribution is 2.28. The number of rotatable bonds is 8. The number of ether oxygens (including phenoxy) is 1. The molecule has 2 atom stereocenters. The molecule has 0 saturated carbocycles. The van der Waals surface area contributed by atoms with Gasteiger partial charge < -0.3 is 15.0 Å². The molecule has 1 heterocycles. The van der Waals surface area contributed by atoms with Gasteiger partial charge >= 0.3 is 5.97 Å². The Hall–Kier alpha value is -2.51. The molecule has 0 aliphatic carbocycles. The van der Waals surface area contributed by atoms with Crippen LogP contribution in [0.5, 0.6) is 0 Å². The number of benzene rings is 2. The second-order valence-corrected chi connectivity index (χ2v) is 8.63. The van der Waals surface area contributed by atoms with Crippen LogP contribution in [0.25, 0.3) is 0 Å². The van der Waals surface area contributed by atoms with E-state index in [1.165, 1.54) is 0 Å². The molecule has 1 aliphatic heterocycles. The fourth-order valence-corrected chi connectivity index (χ4v) is 4.15. The Balaban J connectivity index is 1.66. The molecule has 31 heavy (non-hydrogen) atoms. The first-order valence-electron chi connectivity index (χ1n) is 10.1. The van der Waals surface area contributed by atoms with Gasteiger partial charge in [-0.3, -0.25) is 9.59 Å². The molecule has 3 rings (SSSR count). The van der Waals surface area contributed by atoms with E-state index in [1.807, 2.05) is 30.5 Å². The van der Waals surface area contributed by atoms with Crippen LogP contribution in [0.2, 0.25) is 5.02 Å². The zero-order valence-corrected chi connectivity index (χ0v) is 19.0. The third-order valence-corrected chi connectivity index (χ3v) is 6.09. The van der Waals surface area contributed by atoms with Crippen molar-refractivity contribution in [1.29, 1.82) is 0 Å². The number of esters is 1. The standard InChI is InChI=1S/C23H25ClN2O4S/c1-15(22(28)26-13-11-16-7-3-6-10-20(16)26)30-23(29)19(12-14-31-2)25-21(27)17-8-4-5-9-18(17)24/h3-10,15,19H,11-14H2,1-2H3,(H,25,27). The summed E-state index contributed by atoms with van der Waals surface area (Å²) in [7, 11) is 0. The van der Waals surface area contributed by atoms with Crippen LogP contribution in [0.15, 0.2) is 48.5 Å². The van der Waals surface area contributed by atoms with E-state index in [-0.39, 0.29) is 11.5 Å². The smallest absolute Gasteiger partial charge is 0.329 e. The molecule has 1 N–H and O–H groups in total. The van der Waals surface area contributed by atoms with Gasteiger partial charge in [-0.1, -0.05) is 41.9 Å². The Morgan fingerprint density at radius 1 is 1.16 bits per heavy atom. The van der Waals surface area contributed by atoms with E-state index in [4.69, 9.17) is 16.3 Å². The molecule has 0 radical (unpaired) electrons. The van der Waals surface area contributed by atoms with E-state index in [9.17, 15) is 14.4 Å². The third kappa shape index (κ3) is 5.60. The molecule has 1 aliphatic rings. The van der Waals surface area contributed by atoms with Crippen molar-refractivity contribution < 1.29 is 19.1 Å². The fourth-order valence-electron chi connectivity index (χ4n) is 3.46. The topological polar surface area (TPSA) is 75.7 Å². The molecule has 0 spiro atoms. The summed E-state index contributed by atoms with van der Waals surface area (Å²) in [6, 6.07) is 13.4. The molecule has 0 aromatic heterocycles. The summed E-state index contributed by atoms with van der Waals surface area (Å²) in [5.41, 5.74) is 2.23. The number of hydrogen-bond donors (Lipinski definition) is 1. The normalized spacial score (nSPS) is 14.5. The zero-order chi connectivity index (χ0) is 22.4. The minimum Gasteiger partial charge on any atom is -0.451 e. The predicted octanol–water partition coefficient (Wildman–Crippen LogP) is 3.71. The van der Waals surface area contributed by atoms with Crippen LogP contribution in [-0.4, -0.2) is 48.5 Å². The number of anilines is 1. The minimum atomic E-state index is -0.965. The van der Waals surface area contributed by atoms with E-state index >= 15 is 0 Å². The lowest BCUT2D eigenvalue weighted by Crippen LogP contribution is -2.46. The van der Waals surface area contributed by atoms with Crippen molar-refractivity contribution in [1.82, 2.24) is 5.32 Å². The Morgan fingerprint density at radius 3 is 2.61 bits per heavy atom. The second kappa shape index (κ2) is 10.7. The van der Waals surface area contributed by atoms with E-state index in [0.29, 0.717) is 23.7 Å². The van der Waals surface area contributed by atoms with Crippen LogP contribution in [0, 0.1) is 0 Å². The molecule has 2 aromatic carbocycles. The van der Waals surface area contributed by atoms with Crippen LogP contribution < -0.4 is 10.2 Å². The van der Waals surface area contributed by atoms with Gasteiger partial charge in [0, 0.05) is 12.2 Å². The van der Waals surface area contributed by atoms with Crippen molar-refractivity contribution in [2.45, 2.75) is 31.9 Å². The van der Waals surface area contributed by atoms with Crippen molar-refractivity contribution >= 4 is 46.8 Å². The molecule has 2 amide bonds. The average molecular weight is 461 g/mol. The molecule has 0 fully saturated rings. The van der Waals surface area contributed by atoms with Crippen LogP contribution in [0.3, 0.4) is 0 Å². The largest absolute Gasteiger partial charge is 0.451 e. The van der Waals surface area contributed by atoms with Crippen LogP contribution in [-0.2, 0) is 20.7 Å². The van der Waals surface area contributed by atoms with Crippen molar-refractivity contribution in [3.63, 3.8) is 0 Å². The maximum Gasteiger partial charge on any atom is 0.329 e. The quantitative estimate of drug-likeness (QED) is 0.608. The van der Waals surface area contributed by atoms with Crippen molar-refractivity contribution in [2.24, 2.45) is 0 Å². The molecule has 6 nitrogen and oxygen atoms in total. The molecule has 0 saturated heterocycles. The molecular weight excluding hydrogens is 436 g/mol. The Bertz CT molecular complexity index is 968. The number of thioether (sulfide) groups is 1. The number of hydrogen-bond acceptors (Lipinski definition) is 5. The summed E-state index contributed by atoms with van der Waals surface area (Å²) >= 11 is 7.65. The van der Waals surface area contributed by atoms with Gasteiger partial charge in [-0.15, -0.1) is 0 Å². The van der Waals surface area contributed by atoms with Crippen LogP contribution in [0.4, 0.5) is 5.69 Å². The minimum absolute atomic E-state index is 0.278. The van der Waals surface area contributed by atoms with E-state index in [0.717, 1.165) is 17.7 Å². The second-order valence-electron chi connectivity index (χ2n) is 7.24. The fraction of sp³-hybridized carbons (Fsp3) is 0.348. The highest BCUT2D eigenvalue weighted by molar-refractivity contribution is 7.98. The Morgan fingerprint density at radius 2 is 1.87 bits per heavy atom. The first-order valence-corrected chi connectivity index (χ1v) is 11.8. The lowest BCUT2D eigenvalue weighted by Gasteiger charge is -2.24. The highest BCUT2D eigenvalue weighted by Gasteiger charge is 2.32. The molecule has 2 unspecified atom stereocenters. The Labute approximate surface area is 191 Å². The van der Waals surface area contributed by atoms with Gasteiger partial charge in [0.2, 0.25) is 0 Å². The first kappa shape index (κ1) is 23.2. The zero-order valence-electron chi connectivity index (χ0n) is 17.5. The van der Waals surface area contributed by atoms with Crippen molar-refractivity contribution in [2.75, 3.05) is 23.5 Å². The van der Waals surface area contributed by atoms with Gasteiger partial charge in [0.1, 0.15) is 6.04 Å². The lowest BCUT2D eigenvalue weighted by molar-refractivity contribution is -0.155. The summed E-state index contributed by atoms with van der Waals surface area (Å²) in [5.74, 6) is -0.729. The monoisotopic (exact) mass is 460 g/mol.